The molecule has 1 aromatic rings. The SMILES string of the molecule is CCc1cc(N2CCSC2)ncn1. The van der Waals surface area contributed by atoms with E-state index in [2.05, 4.69) is 27.9 Å². The maximum Gasteiger partial charge on any atom is 0.132 e. The zero-order chi connectivity index (χ0) is 9.10. The van der Waals surface area contributed by atoms with Gasteiger partial charge in [0.2, 0.25) is 0 Å². The summed E-state index contributed by atoms with van der Waals surface area (Å²) >= 11 is 1.96. The average molecular weight is 195 g/mol. The second-order valence-corrected chi connectivity index (χ2v) is 4.10. The van der Waals surface area contributed by atoms with E-state index in [1.807, 2.05) is 11.8 Å². The van der Waals surface area contributed by atoms with Gasteiger partial charge in [-0.3, -0.25) is 0 Å². The summed E-state index contributed by atoms with van der Waals surface area (Å²) in [5.74, 6) is 3.36. The minimum atomic E-state index is 0.983. The summed E-state index contributed by atoms with van der Waals surface area (Å²) in [5, 5.41) is 0. The molecule has 0 saturated carbocycles. The van der Waals surface area contributed by atoms with E-state index in [0.717, 1.165) is 30.4 Å². The molecule has 13 heavy (non-hydrogen) atoms. The predicted octanol–water partition coefficient (Wildman–Crippen LogP) is 1.55. The molecule has 1 fully saturated rings. The van der Waals surface area contributed by atoms with Crippen molar-refractivity contribution in [2.45, 2.75) is 13.3 Å². The highest BCUT2D eigenvalue weighted by molar-refractivity contribution is 7.99. The van der Waals surface area contributed by atoms with Crippen molar-refractivity contribution >= 4 is 17.6 Å². The molecular weight excluding hydrogens is 182 g/mol. The molecular formula is C9H13N3S. The van der Waals surface area contributed by atoms with Gasteiger partial charge in [-0.15, -0.1) is 11.8 Å². The Bertz CT molecular complexity index is 284. The quantitative estimate of drug-likeness (QED) is 0.716. The van der Waals surface area contributed by atoms with Crippen molar-refractivity contribution in [2.24, 2.45) is 0 Å². The summed E-state index contributed by atoms with van der Waals surface area (Å²) in [4.78, 5) is 10.8. The van der Waals surface area contributed by atoms with E-state index < -0.39 is 0 Å². The van der Waals surface area contributed by atoms with E-state index in [1.165, 1.54) is 5.75 Å². The van der Waals surface area contributed by atoms with Gasteiger partial charge in [-0.25, -0.2) is 9.97 Å². The third-order valence-electron chi connectivity index (χ3n) is 2.15. The number of aryl methyl sites for hydroxylation is 1. The first-order valence-corrected chi connectivity index (χ1v) is 5.69. The lowest BCUT2D eigenvalue weighted by Crippen LogP contribution is -2.19. The number of aromatic nitrogens is 2. The molecule has 1 aliphatic heterocycles. The lowest BCUT2D eigenvalue weighted by atomic mass is 10.3. The Morgan fingerprint density at radius 2 is 2.46 bits per heavy atom. The van der Waals surface area contributed by atoms with Gasteiger partial charge < -0.3 is 4.90 Å². The molecule has 0 aromatic carbocycles. The summed E-state index contributed by atoms with van der Waals surface area (Å²) in [7, 11) is 0. The van der Waals surface area contributed by atoms with Crippen molar-refractivity contribution in [1.29, 1.82) is 0 Å². The summed E-state index contributed by atoms with van der Waals surface area (Å²) in [5.41, 5.74) is 1.13. The maximum absolute atomic E-state index is 4.27. The van der Waals surface area contributed by atoms with Crippen LogP contribution in [0.25, 0.3) is 0 Å². The topological polar surface area (TPSA) is 29.0 Å². The number of rotatable bonds is 2. The normalized spacial score (nSPS) is 16.5. The fourth-order valence-electron chi connectivity index (χ4n) is 1.35. The highest BCUT2D eigenvalue weighted by Crippen LogP contribution is 2.20. The molecule has 0 atom stereocenters. The monoisotopic (exact) mass is 195 g/mol. The van der Waals surface area contributed by atoms with Gasteiger partial charge in [-0.2, -0.15) is 0 Å². The van der Waals surface area contributed by atoms with E-state index in [4.69, 9.17) is 0 Å². The van der Waals surface area contributed by atoms with Gasteiger partial charge in [0.1, 0.15) is 12.1 Å². The van der Waals surface area contributed by atoms with Gasteiger partial charge in [0.15, 0.2) is 0 Å². The largest absolute Gasteiger partial charge is 0.346 e. The smallest absolute Gasteiger partial charge is 0.132 e. The maximum atomic E-state index is 4.27. The Labute approximate surface area is 82.6 Å². The summed E-state index contributed by atoms with van der Waals surface area (Å²) in [6, 6.07) is 2.09. The summed E-state index contributed by atoms with van der Waals surface area (Å²) in [6.45, 7) is 3.23. The molecule has 0 radical (unpaired) electrons. The molecule has 0 spiro atoms. The minimum Gasteiger partial charge on any atom is -0.346 e. The van der Waals surface area contributed by atoms with Crippen molar-refractivity contribution in [1.82, 2.24) is 9.97 Å². The molecule has 0 amide bonds. The van der Waals surface area contributed by atoms with Gasteiger partial charge >= 0.3 is 0 Å². The lowest BCUT2D eigenvalue weighted by Gasteiger charge is -2.15. The summed E-state index contributed by atoms with van der Waals surface area (Å²) < 4.78 is 0. The fourth-order valence-corrected chi connectivity index (χ4v) is 2.31. The Kier molecular flexibility index (Phi) is 2.68. The zero-order valence-electron chi connectivity index (χ0n) is 7.73. The van der Waals surface area contributed by atoms with Crippen LogP contribution in [0.5, 0.6) is 0 Å². The molecule has 2 rings (SSSR count). The van der Waals surface area contributed by atoms with Gasteiger partial charge in [0, 0.05) is 24.1 Å². The Morgan fingerprint density at radius 1 is 1.54 bits per heavy atom. The van der Waals surface area contributed by atoms with Crippen LogP contribution in [0, 0.1) is 0 Å². The van der Waals surface area contributed by atoms with E-state index in [0.29, 0.717) is 0 Å². The van der Waals surface area contributed by atoms with E-state index in [-0.39, 0.29) is 0 Å². The van der Waals surface area contributed by atoms with Crippen LogP contribution in [0.4, 0.5) is 5.82 Å². The molecule has 0 unspecified atom stereocenters. The first-order chi connectivity index (χ1) is 6.40. The molecule has 0 N–H and O–H groups in total. The van der Waals surface area contributed by atoms with Crippen molar-refractivity contribution < 1.29 is 0 Å². The summed E-state index contributed by atoms with van der Waals surface area (Å²) in [6.07, 6.45) is 2.65. The predicted molar refractivity (Wildman–Crippen MR) is 56.1 cm³/mol. The number of thioether (sulfide) groups is 1. The van der Waals surface area contributed by atoms with Gasteiger partial charge in [0.25, 0.3) is 0 Å². The van der Waals surface area contributed by atoms with Crippen LogP contribution in [0.2, 0.25) is 0 Å². The zero-order valence-corrected chi connectivity index (χ0v) is 8.55. The standard InChI is InChI=1S/C9H13N3S/c1-2-8-5-9(11-6-10-8)12-3-4-13-7-12/h5-6H,2-4,7H2,1H3. The molecule has 2 heterocycles. The van der Waals surface area contributed by atoms with Crippen molar-refractivity contribution in [3.63, 3.8) is 0 Å². The van der Waals surface area contributed by atoms with Crippen LogP contribution >= 0.6 is 11.8 Å². The van der Waals surface area contributed by atoms with E-state index >= 15 is 0 Å². The number of hydrogen-bond donors (Lipinski definition) is 0. The Balaban J connectivity index is 2.18. The molecule has 0 aliphatic carbocycles. The van der Waals surface area contributed by atoms with Crippen LogP contribution in [0.1, 0.15) is 12.6 Å². The lowest BCUT2D eigenvalue weighted by molar-refractivity contribution is 0.921. The highest BCUT2D eigenvalue weighted by atomic mass is 32.2. The Hall–Kier alpha value is -0.770. The average Bonchev–Trinajstić information content (AvgIpc) is 2.71. The van der Waals surface area contributed by atoms with Crippen LogP contribution in [0.3, 0.4) is 0 Å². The van der Waals surface area contributed by atoms with Crippen molar-refractivity contribution in [3.05, 3.63) is 18.1 Å². The van der Waals surface area contributed by atoms with E-state index in [1.54, 1.807) is 6.33 Å². The third kappa shape index (κ3) is 1.94. The fraction of sp³-hybridized carbons (Fsp3) is 0.556. The van der Waals surface area contributed by atoms with Crippen molar-refractivity contribution in [3.8, 4) is 0 Å². The Morgan fingerprint density at radius 3 is 3.15 bits per heavy atom. The van der Waals surface area contributed by atoms with Crippen LogP contribution in [-0.4, -0.2) is 28.1 Å². The van der Waals surface area contributed by atoms with Crippen LogP contribution < -0.4 is 4.90 Å². The van der Waals surface area contributed by atoms with Gasteiger partial charge in [0.05, 0.1) is 5.88 Å². The number of nitrogens with zero attached hydrogens (tertiary/aromatic N) is 3. The molecule has 0 bridgehead atoms. The van der Waals surface area contributed by atoms with Gasteiger partial charge in [-0.1, -0.05) is 6.92 Å². The first-order valence-electron chi connectivity index (χ1n) is 4.54. The highest BCUT2D eigenvalue weighted by Gasteiger charge is 2.13. The molecule has 1 saturated heterocycles. The molecule has 70 valence electrons. The number of hydrogen-bond acceptors (Lipinski definition) is 4. The third-order valence-corrected chi connectivity index (χ3v) is 3.11. The van der Waals surface area contributed by atoms with Crippen LogP contribution in [-0.2, 0) is 6.42 Å². The molecule has 4 heteroatoms. The second-order valence-electron chi connectivity index (χ2n) is 3.02. The second kappa shape index (κ2) is 3.96. The molecule has 1 aliphatic rings. The van der Waals surface area contributed by atoms with Gasteiger partial charge in [-0.05, 0) is 6.42 Å². The molecule has 3 nitrogen and oxygen atoms in total. The first kappa shape index (κ1) is 8.81. The van der Waals surface area contributed by atoms with Crippen molar-refractivity contribution in [2.75, 3.05) is 23.1 Å². The molecule has 1 aromatic heterocycles. The van der Waals surface area contributed by atoms with Crippen LogP contribution in [0.15, 0.2) is 12.4 Å². The van der Waals surface area contributed by atoms with E-state index in [9.17, 15) is 0 Å². The number of anilines is 1. The minimum absolute atomic E-state index is 0.983.